The van der Waals surface area contributed by atoms with E-state index in [1.807, 2.05) is 61.5 Å². The molecule has 0 unspecified atom stereocenters. The van der Waals surface area contributed by atoms with Crippen LogP contribution in [0.3, 0.4) is 0 Å². The van der Waals surface area contributed by atoms with Crippen molar-refractivity contribution in [1.29, 1.82) is 0 Å². The van der Waals surface area contributed by atoms with E-state index in [0.717, 1.165) is 47.0 Å². The Hall–Kier alpha value is -3.99. The number of unbranched alkanes of at least 4 members (excludes halogenated alkanes) is 7. The lowest BCUT2D eigenvalue weighted by molar-refractivity contribution is -0.151. The summed E-state index contributed by atoms with van der Waals surface area (Å²) in [6, 6.07) is 30.4. The fraction of sp³-hybridized carbons (Fsp3) is 0.395. The highest BCUT2D eigenvalue weighted by Crippen LogP contribution is 2.29. The highest BCUT2D eigenvalue weighted by Gasteiger charge is 2.22. The highest BCUT2D eigenvalue weighted by molar-refractivity contribution is 5.75. The predicted molar refractivity (Wildman–Crippen MR) is 175 cm³/mol. The number of esters is 1. The van der Waals surface area contributed by atoms with Crippen LogP contribution in [0.2, 0.25) is 0 Å². The van der Waals surface area contributed by atoms with Gasteiger partial charge in [0.05, 0.1) is 18.9 Å². The largest absolute Gasteiger partial charge is 0.494 e. The smallest absolute Gasteiger partial charge is 0.347 e. The summed E-state index contributed by atoms with van der Waals surface area (Å²) in [5.41, 5.74) is 5.40. The van der Waals surface area contributed by atoms with Crippen molar-refractivity contribution >= 4 is 5.97 Å². The predicted octanol–water partition coefficient (Wildman–Crippen LogP) is 9.53. The number of ether oxygens (including phenoxy) is 3. The second-order valence-electron chi connectivity index (χ2n) is 11.1. The molecule has 4 aromatic rings. The van der Waals surface area contributed by atoms with E-state index in [-0.39, 0.29) is 5.97 Å². The van der Waals surface area contributed by atoms with Gasteiger partial charge in [0.15, 0.2) is 6.10 Å². The van der Waals surface area contributed by atoms with Crippen LogP contribution in [0.4, 0.5) is 0 Å². The van der Waals surface area contributed by atoms with Crippen molar-refractivity contribution in [1.82, 2.24) is 4.57 Å². The van der Waals surface area contributed by atoms with Crippen molar-refractivity contribution < 1.29 is 19.0 Å². The molecule has 4 rings (SSSR count). The number of nitrogens with zero attached hydrogens (tertiary/aromatic N) is 1. The highest BCUT2D eigenvalue weighted by atomic mass is 16.6. The first-order chi connectivity index (χ1) is 21.1. The summed E-state index contributed by atoms with van der Waals surface area (Å²) in [6.45, 7) is 7.26. The maximum absolute atomic E-state index is 12.6. The van der Waals surface area contributed by atoms with Gasteiger partial charge in [-0.3, -0.25) is 0 Å². The van der Waals surface area contributed by atoms with Gasteiger partial charge in [0.1, 0.15) is 11.5 Å². The van der Waals surface area contributed by atoms with Crippen LogP contribution in [0.1, 0.15) is 76.5 Å². The standard InChI is InChI=1S/C38H47NO4/c1-4-6-7-8-9-10-11-15-28-42-34-25-21-33(22-26-34)39-30(3)18-27-36(39)32-19-23-35(24-20-32)43-37(38(40)41-5-2)29-31-16-13-12-14-17-31/h12-14,16-27,37H,4-11,15,28-29H2,1-3H3/t37-/m1/s1. The second kappa shape index (κ2) is 17.2. The second-order valence-corrected chi connectivity index (χ2v) is 11.1. The molecule has 1 aromatic heterocycles. The molecule has 0 saturated carbocycles. The molecule has 0 saturated heterocycles. The van der Waals surface area contributed by atoms with Gasteiger partial charge in [0.25, 0.3) is 0 Å². The topological polar surface area (TPSA) is 49.7 Å². The van der Waals surface area contributed by atoms with Crippen molar-refractivity contribution in [3.8, 4) is 28.4 Å². The van der Waals surface area contributed by atoms with Crippen molar-refractivity contribution in [2.24, 2.45) is 0 Å². The lowest BCUT2D eigenvalue weighted by atomic mass is 10.1. The van der Waals surface area contributed by atoms with Gasteiger partial charge in [-0.05, 0) is 92.1 Å². The minimum atomic E-state index is -0.712. The van der Waals surface area contributed by atoms with Gasteiger partial charge in [-0.25, -0.2) is 4.79 Å². The van der Waals surface area contributed by atoms with Crippen LogP contribution < -0.4 is 9.47 Å². The molecule has 0 bridgehead atoms. The SMILES string of the molecule is CCCCCCCCCCOc1ccc(-n2c(C)ccc2-c2ccc(O[C@H](Cc3ccccc3)C(=O)OCC)cc2)cc1. The minimum Gasteiger partial charge on any atom is -0.494 e. The van der Waals surface area contributed by atoms with E-state index < -0.39 is 6.10 Å². The van der Waals surface area contributed by atoms with E-state index in [4.69, 9.17) is 14.2 Å². The zero-order chi connectivity index (χ0) is 30.3. The summed E-state index contributed by atoms with van der Waals surface area (Å²) in [4.78, 5) is 12.6. The van der Waals surface area contributed by atoms with E-state index in [1.165, 1.54) is 44.9 Å². The van der Waals surface area contributed by atoms with Crippen molar-refractivity contribution in [3.05, 3.63) is 102 Å². The van der Waals surface area contributed by atoms with E-state index in [1.54, 1.807) is 0 Å². The third-order valence-corrected chi connectivity index (χ3v) is 7.68. The molecule has 0 aliphatic carbocycles. The van der Waals surface area contributed by atoms with E-state index >= 15 is 0 Å². The molecule has 3 aromatic carbocycles. The summed E-state index contributed by atoms with van der Waals surface area (Å²) < 4.78 is 19.7. The molecule has 0 amide bonds. The van der Waals surface area contributed by atoms with Crippen molar-refractivity contribution in [2.45, 2.75) is 84.7 Å². The van der Waals surface area contributed by atoms with Crippen LogP contribution in [-0.2, 0) is 16.0 Å². The van der Waals surface area contributed by atoms with Gasteiger partial charge in [-0.2, -0.15) is 0 Å². The number of aryl methyl sites for hydroxylation is 1. The van der Waals surface area contributed by atoms with Gasteiger partial charge >= 0.3 is 5.97 Å². The van der Waals surface area contributed by atoms with Gasteiger partial charge in [0.2, 0.25) is 0 Å². The maximum Gasteiger partial charge on any atom is 0.347 e. The summed E-state index contributed by atoms with van der Waals surface area (Å²) in [7, 11) is 0. The molecule has 0 N–H and O–H groups in total. The summed E-state index contributed by atoms with van der Waals surface area (Å²) in [6.07, 6.45) is 10.1. The number of aromatic nitrogens is 1. The average Bonchev–Trinajstić information content (AvgIpc) is 3.42. The van der Waals surface area contributed by atoms with Gasteiger partial charge in [0, 0.05) is 17.8 Å². The third-order valence-electron chi connectivity index (χ3n) is 7.68. The van der Waals surface area contributed by atoms with E-state index in [0.29, 0.717) is 18.8 Å². The van der Waals surface area contributed by atoms with Crippen molar-refractivity contribution in [2.75, 3.05) is 13.2 Å². The fourth-order valence-electron chi connectivity index (χ4n) is 5.33. The third kappa shape index (κ3) is 9.77. The molecule has 1 atom stereocenters. The van der Waals surface area contributed by atoms with Gasteiger partial charge < -0.3 is 18.8 Å². The molecule has 0 aliphatic heterocycles. The molecule has 0 aliphatic rings. The fourth-order valence-corrected chi connectivity index (χ4v) is 5.33. The Balaban J connectivity index is 1.36. The van der Waals surface area contributed by atoms with Crippen LogP contribution in [0.5, 0.6) is 11.5 Å². The molecule has 43 heavy (non-hydrogen) atoms. The molecule has 5 heteroatoms. The zero-order valence-corrected chi connectivity index (χ0v) is 26.1. The summed E-state index contributed by atoms with van der Waals surface area (Å²) in [5.74, 6) is 1.18. The monoisotopic (exact) mass is 581 g/mol. The molecule has 0 radical (unpaired) electrons. The zero-order valence-electron chi connectivity index (χ0n) is 26.1. The summed E-state index contributed by atoms with van der Waals surface area (Å²) in [5, 5.41) is 0. The molecule has 0 spiro atoms. The van der Waals surface area contributed by atoms with Gasteiger partial charge in [-0.1, -0.05) is 82.2 Å². The van der Waals surface area contributed by atoms with Crippen LogP contribution in [-0.4, -0.2) is 29.9 Å². The molecule has 1 heterocycles. The Kier molecular flexibility index (Phi) is 12.8. The van der Waals surface area contributed by atoms with Crippen LogP contribution in [0.25, 0.3) is 16.9 Å². The van der Waals surface area contributed by atoms with Gasteiger partial charge in [-0.15, -0.1) is 0 Å². The Morgan fingerprint density at radius 3 is 2.05 bits per heavy atom. The van der Waals surface area contributed by atoms with E-state index in [9.17, 15) is 4.79 Å². The molecule has 0 fully saturated rings. The molecule has 228 valence electrons. The first-order valence-electron chi connectivity index (χ1n) is 16.0. The number of rotatable bonds is 18. The number of benzene rings is 3. The Labute approximate surface area is 257 Å². The minimum absolute atomic E-state index is 0.315. The number of hydrogen-bond acceptors (Lipinski definition) is 4. The molecule has 5 nitrogen and oxygen atoms in total. The van der Waals surface area contributed by atoms with E-state index in [2.05, 4.69) is 54.8 Å². The van der Waals surface area contributed by atoms with Crippen LogP contribution in [0.15, 0.2) is 91.0 Å². The molecular formula is C38H47NO4. The summed E-state index contributed by atoms with van der Waals surface area (Å²) >= 11 is 0. The Morgan fingerprint density at radius 1 is 0.721 bits per heavy atom. The molecular weight excluding hydrogens is 534 g/mol. The average molecular weight is 582 g/mol. The van der Waals surface area contributed by atoms with Crippen LogP contribution >= 0.6 is 0 Å². The first kappa shape index (κ1) is 31.9. The lowest BCUT2D eigenvalue weighted by Gasteiger charge is -2.18. The quantitative estimate of drug-likeness (QED) is 0.0867. The maximum atomic E-state index is 12.6. The number of hydrogen-bond donors (Lipinski definition) is 0. The first-order valence-corrected chi connectivity index (χ1v) is 16.0. The van der Waals surface area contributed by atoms with Crippen molar-refractivity contribution in [3.63, 3.8) is 0 Å². The lowest BCUT2D eigenvalue weighted by Crippen LogP contribution is -2.31. The normalized spacial score (nSPS) is 11.7. The van der Waals surface area contributed by atoms with Crippen LogP contribution in [0, 0.1) is 6.92 Å². The number of carbonyl (C=O) groups is 1. The Morgan fingerprint density at radius 2 is 1.37 bits per heavy atom. The number of carbonyl (C=O) groups excluding carboxylic acids is 1. The Bertz CT molecular complexity index is 1360.